The summed E-state index contributed by atoms with van der Waals surface area (Å²) >= 11 is 0. The topological polar surface area (TPSA) is 124 Å². The van der Waals surface area contributed by atoms with Gasteiger partial charge in [0.25, 0.3) is 0 Å². The van der Waals surface area contributed by atoms with E-state index >= 15 is 4.39 Å². The van der Waals surface area contributed by atoms with Gasteiger partial charge in [0.1, 0.15) is 29.4 Å². The van der Waals surface area contributed by atoms with Crippen molar-refractivity contribution in [3.8, 4) is 35.4 Å². The Morgan fingerprint density at radius 2 is 1.98 bits per heavy atom. The fourth-order valence-corrected chi connectivity index (χ4v) is 7.83. The van der Waals surface area contributed by atoms with Crippen molar-refractivity contribution in [1.29, 1.82) is 0 Å². The molecule has 3 N–H and O–H groups in total. The Morgan fingerprint density at radius 3 is 2.73 bits per heavy atom. The van der Waals surface area contributed by atoms with Gasteiger partial charge < -0.3 is 25.2 Å². The van der Waals surface area contributed by atoms with Crippen molar-refractivity contribution in [2.45, 2.75) is 62.6 Å². The summed E-state index contributed by atoms with van der Waals surface area (Å²) in [7, 11) is 0. The molecule has 0 radical (unpaired) electrons. The Bertz CT molecular complexity index is 1960. The first kappa shape index (κ1) is 31.8. The molecule has 0 saturated carbocycles. The molecule has 2 aromatic carbocycles. The van der Waals surface area contributed by atoms with Crippen LogP contribution in [0.3, 0.4) is 0 Å². The van der Waals surface area contributed by atoms with Crippen LogP contribution >= 0.6 is 0 Å². The summed E-state index contributed by atoms with van der Waals surface area (Å²) < 4.78 is 23.3. The number of carbonyl (C=O) groups is 1. The van der Waals surface area contributed by atoms with Gasteiger partial charge in [-0.05, 0) is 88.2 Å². The minimum Gasteiger partial charge on any atom is -0.508 e. The highest BCUT2D eigenvalue weighted by molar-refractivity contribution is 6.02. The maximum Gasteiger partial charge on any atom is 0.319 e. The molecule has 1 amide bonds. The molecule has 3 aliphatic heterocycles. The van der Waals surface area contributed by atoms with E-state index in [1.165, 1.54) is 18.3 Å². The first-order valence-electron chi connectivity index (χ1n) is 16.5. The Kier molecular flexibility index (Phi) is 8.17. The van der Waals surface area contributed by atoms with Gasteiger partial charge in [-0.3, -0.25) is 14.7 Å². The SMILES string of the molecule is C#Cc1cccc2cc(O)cc(-c3ncc4c(N5CCC[C@@](C)(O)[C@H](NC(=O)C=C)C5)nc(OCC56CCCN5CCC6)nc4c3F)c12. The van der Waals surface area contributed by atoms with Crippen molar-refractivity contribution in [3.05, 3.63) is 60.6 Å². The van der Waals surface area contributed by atoms with Crippen molar-refractivity contribution in [1.82, 2.24) is 25.2 Å². The van der Waals surface area contributed by atoms with Crippen LogP contribution in [0.25, 0.3) is 32.9 Å². The average Bonchev–Trinajstić information content (AvgIpc) is 3.62. The highest BCUT2D eigenvalue weighted by Crippen LogP contribution is 2.41. The van der Waals surface area contributed by atoms with Gasteiger partial charge in [-0.15, -0.1) is 6.42 Å². The van der Waals surface area contributed by atoms with Gasteiger partial charge in [0, 0.05) is 35.8 Å². The molecule has 4 aromatic rings. The summed E-state index contributed by atoms with van der Waals surface area (Å²) in [4.78, 5) is 30.8. The number of hydrogen-bond acceptors (Lipinski definition) is 9. The predicted octanol–water partition coefficient (Wildman–Crippen LogP) is 4.70. The number of phenols is 1. The summed E-state index contributed by atoms with van der Waals surface area (Å²) in [6, 6.07) is 7.75. The van der Waals surface area contributed by atoms with Crippen molar-refractivity contribution in [2.75, 3.05) is 37.7 Å². The number of aliphatic hydroxyl groups is 1. The van der Waals surface area contributed by atoms with E-state index in [0.717, 1.165) is 38.8 Å². The van der Waals surface area contributed by atoms with E-state index in [0.29, 0.717) is 59.1 Å². The van der Waals surface area contributed by atoms with E-state index in [4.69, 9.17) is 16.1 Å². The molecular formula is C37H39FN6O4. The Balaban J connectivity index is 1.37. The summed E-state index contributed by atoms with van der Waals surface area (Å²) in [6.07, 6.45) is 13.8. The molecule has 2 atom stereocenters. The number of nitrogens with one attached hydrogen (secondary N) is 1. The number of anilines is 1. The average molecular weight is 651 g/mol. The lowest BCUT2D eigenvalue weighted by atomic mass is 9.92. The van der Waals surface area contributed by atoms with Crippen LogP contribution in [0.15, 0.2) is 49.2 Å². The lowest BCUT2D eigenvalue weighted by Crippen LogP contribution is -2.54. The van der Waals surface area contributed by atoms with Gasteiger partial charge in [-0.2, -0.15) is 9.97 Å². The molecule has 10 nitrogen and oxygen atoms in total. The quantitative estimate of drug-likeness (QED) is 0.193. The molecule has 5 heterocycles. The Morgan fingerprint density at radius 1 is 1.21 bits per heavy atom. The van der Waals surface area contributed by atoms with E-state index < -0.39 is 23.4 Å². The lowest BCUT2D eigenvalue weighted by molar-refractivity contribution is -0.119. The van der Waals surface area contributed by atoms with Gasteiger partial charge in [0.2, 0.25) is 5.91 Å². The molecule has 0 bridgehead atoms. The maximum atomic E-state index is 17.0. The van der Waals surface area contributed by atoms with Gasteiger partial charge >= 0.3 is 6.01 Å². The van der Waals surface area contributed by atoms with Gasteiger partial charge in [-0.1, -0.05) is 24.6 Å². The zero-order valence-electron chi connectivity index (χ0n) is 27.0. The third kappa shape index (κ3) is 5.59. The number of hydrogen-bond donors (Lipinski definition) is 3. The first-order chi connectivity index (χ1) is 23.1. The van der Waals surface area contributed by atoms with Crippen LogP contribution in [0.2, 0.25) is 0 Å². The third-order valence-electron chi connectivity index (χ3n) is 10.4. The minimum atomic E-state index is -1.20. The minimum absolute atomic E-state index is 0.00423. The number of phenolic OH excluding ortho intramolecular Hbond substituents is 1. The molecule has 48 heavy (non-hydrogen) atoms. The van der Waals surface area contributed by atoms with Gasteiger partial charge in [-0.25, -0.2) is 4.39 Å². The second kappa shape index (κ2) is 12.3. The van der Waals surface area contributed by atoms with E-state index in [1.54, 1.807) is 31.2 Å². The van der Waals surface area contributed by atoms with Crippen molar-refractivity contribution >= 4 is 33.4 Å². The number of pyridine rings is 1. The second-order valence-corrected chi connectivity index (χ2v) is 13.4. The first-order valence-corrected chi connectivity index (χ1v) is 16.5. The zero-order chi connectivity index (χ0) is 33.6. The van der Waals surface area contributed by atoms with Gasteiger partial charge in [0.05, 0.1) is 22.6 Å². The van der Waals surface area contributed by atoms with E-state index in [1.807, 2.05) is 4.90 Å². The number of aromatic hydroxyl groups is 1. The van der Waals surface area contributed by atoms with Crippen molar-refractivity contribution in [3.63, 3.8) is 0 Å². The number of terminal acetylenes is 1. The number of rotatable bonds is 7. The van der Waals surface area contributed by atoms with Crippen LogP contribution in [-0.2, 0) is 4.79 Å². The number of halogens is 1. The highest BCUT2D eigenvalue weighted by Gasteiger charge is 2.45. The molecule has 0 aliphatic carbocycles. The van der Waals surface area contributed by atoms with Crippen LogP contribution in [0, 0.1) is 18.2 Å². The number of carbonyl (C=O) groups excluding carboxylic acids is 1. The predicted molar refractivity (Wildman–Crippen MR) is 182 cm³/mol. The second-order valence-electron chi connectivity index (χ2n) is 13.4. The number of amides is 1. The summed E-state index contributed by atoms with van der Waals surface area (Å²) in [5.41, 5.74) is -0.432. The molecule has 3 fully saturated rings. The largest absolute Gasteiger partial charge is 0.508 e. The van der Waals surface area contributed by atoms with E-state index in [-0.39, 0.29) is 35.1 Å². The van der Waals surface area contributed by atoms with Crippen molar-refractivity contribution in [2.24, 2.45) is 0 Å². The summed E-state index contributed by atoms with van der Waals surface area (Å²) in [5, 5.41) is 26.4. The van der Waals surface area contributed by atoms with Crippen molar-refractivity contribution < 1.29 is 24.1 Å². The Hall–Kier alpha value is -4.79. The zero-order valence-corrected chi connectivity index (χ0v) is 27.0. The number of ether oxygens (including phenoxy) is 1. The molecule has 2 aromatic heterocycles. The molecule has 0 spiro atoms. The molecule has 3 aliphatic rings. The summed E-state index contributed by atoms with van der Waals surface area (Å²) in [6.45, 7) is 8.37. The van der Waals surface area contributed by atoms with Crippen LogP contribution in [0.4, 0.5) is 10.2 Å². The standard InChI is InChI=1S/C37H39FN6O4/c1-4-23-10-6-11-24-18-25(45)19-26(30(23)24)32-31(38)33-27(20-39-32)34(43-15-7-12-36(3,47)28(21-43)40-29(46)5-2)42-35(41-33)48-22-37-13-8-16-44(37)17-9-14-37/h1,5-6,10-11,18-20,28,45,47H,2,7-9,12-17,21-22H2,3H3,(H,40,46)/t28-,36-/m1/s1. The normalized spacial score (nSPS) is 22.3. The van der Waals surface area contributed by atoms with Crippen LogP contribution in [0.1, 0.15) is 51.0 Å². The van der Waals surface area contributed by atoms with Crippen LogP contribution in [0.5, 0.6) is 11.8 Å². The number of fused-ring (bicyclic) bond motifs is 3. The Labute approximate surface area is 278 Å². The van der Waals surface area contributed by atoms with E-state index in [2.05, 4.69) is 32.7 Å². The molecule has 7 rings (SSSR count). The number of nitrogens with zero attached hydrogens (tertiary/aromatic N) is 5. The molecule has 0 unspecified atom stereocenters. The summed E-state index contributed by atoms with van der Waals surface area (Å²) in [5.74, 6) is 1.89. The monoisotopic (exact) mass is 650 g/mol. The maximum absolute atomic E-state index is 17.0. The van der Waals surface area contributed by atoms with E-state index in [9.17, 15) is 15.0 Å². The smallest absolute Gasteiger partial charge is 0.319 e. The third-order valence-corrected chi connectivity index (χ3v) is 10.4. The highest BCUT2D eigenvalue weighted by atomic mass is 19.1. The molecule has 3 saturated heterocycles. The number of benzene rings is 2. The number of aromatic nitrogens is 3. The van der Waals surface area contributed by atoms with Gasteiger partial charge in [0.15, 0.2) is 5.82 Å². The lowest BCUT2D eigenvalue weighted by Gasteiger charge is -2.34. The molecular weight excluding hydrogens is 611 g/mol. The molecule has 11 heteroatoms. The molecule has 248 valence electrons. The fraction of sp³-hybridized carbons (Fsp3) is 0.405. The fourth-order valence-electron chi connectivity index (χ4n) is 7.83. The van der Waals surface area contributed by atoms with Crippen LogP contribution < -0.4 is 15.0 Å². The van der Waals surface area contributed by atoms with Crippen LogP contribution in [-0.4, -0.2) is 85.9 Å².